The number of rotatable bonds is 4. The molecule has 0 saturated carbocycles. The molecule has 0 aromatic carbocycles. The van der Waals surface area contributed by atoms with Crippen LogP contribution in [-0.4, -0.2) is 69.5 Å². The van der Waals surface area contributed by atoms with Crippen molar-refractivity contribution >= 4 is 17.5 Å². The average Bonchev–Trinajstić information content (AvgIpc) is 2.29. The molecule has 0 aliphatic carbocycles. The van der Waals surface area contributed by atoms with Crippen LogP contribution in [0.1, 0.15) is 6.42 Å². The number of halogens is 1. The van der Waals surface area contributed by atoms with Gasteiger partial charge >= 0.3 is 0 Å². The Bertz CT molecular complexity index is 266. The van der Waals surface area contributed by atoms with Gasteiger partial charge < -0.3 is 30.5 Å². The fourth-order valence-corrected chi connectivity index (χ4v) is 1.77. The normalized spacial score (nSPS) is 37.8. The van der Waals surface area contributed by atoms with Crippen molar-refractivity contribution in [2.75, 3.05) is 12.5 Å². The molecule has 1 rings (SSSR count). The first-order valence-electron chi connectivity index (χ1n) is 5.17. The minimum atomic E-state index is -1.50. The summed E-state index contributed by atoms with van der Waals surface area (Å²) in [6.07, 6.45) is -5.36. The highest BCUT2D eigenvalue weighted by Crippen LogP contribution is 2.19. The van der Waals surface area contributed by atoms with Gasteiger partial charge in [-0.2, -0.15) is 0 Å². The quantitative estimate of drug-likeness (QED) is 0.361. The van der Waals surface area contributed by atoms with Gasteiger partial charge in [-0.1, -0.05) is 0 Å². The number of nitrogens with one attached hydrogen (secondary N) is 1. The Kier molecular flexibility index (Phi) is 5.57. The third-order valence-electron chi connectivity index (χ3n) is 2.55. The first-order valence-corrected chi connectivity index (χ1v) is 5.70. The molecular formula is C9H16ClNO6. The molecular weight excluding hydrogens is 254 g/mol. The Labute approximate surface area is 103 Å². The Morgan fingerprint density at radius 3 is 2.47 bits per heavy atom. The summed E-state index contributed by atoms with van der Waals surface area (Å²) >= 11 is 5.36. The number of aliphatic hydroxyl groups is 4. The molecule has 0 aromatic heterocycles. The lowest BCUT2D eigenvalue weighted by Gasteiger charge is -2.40. The molecule has 3 unspecified atom stereocenters. The summed E-state index contributed by atoms with van der Waals surface area (Å²) in [5.74, 6) is -0.366. The van der Waals surface area contributed by atoms with Crippen molar-refractivity contribution in [2.45, 2.75) is 37.1 Å². The summed E-state index contributed by atoms with van der Waals surface area (Å²) in [6.45, 7) is -0.544. The van der Waals surface area contributed by atoms with Crippen molar-refractivity contribution in [1.82, 2.24) is 5.32 Å². The molecule has 1 fully saturated rings. The van der Waals surface area contributed by atoms with E-state index in [1.54, 1.807) is 0 Å². The highest BCUT2D eigenvalue weighted by Gasteiger charge is 2.44. The molecule has 5 atom stereocenters. The molecule has 17 heavy (non-hydrogen) atoms. The topological polar surface area (TPSA) is 119 Å². The average molecular weight is 270 g/mol. The third-order valence-corrected chi connectivity index (χ3v) is 2.74. The first-order chi connectivity index (χ1) is 8.01. The van der Waals surface area contributed by atoms with Crippen LogP contribution >= 0.6 is 11.6 Å². The van der Waals surface area contributed by atoms with Crippen LogP contribution in [0.2, 0.25) is 0 Å². The molecule has 1 saturated heterocycles. The zero-order chi connectivity index (χ0) is 13.0. The van der Waals surface area contributed by atoms with E-state index in [2.05, 4.69) is 5.32 Å². The minimum Gasteiger partial charge on any atom is -0.394 e. The molecule has 0 bridgehead atoms. The molecule has 1 heterocycles. The van der Waals surface area contributed by atoms with Crippen molar-refractivity contribution in [1.29, 1.82) is 0 Å². The first kappa shape index (κ1) is 14.6. The molecule has 0 aromatic rings. The van der Waals surface area contributed by atoms with Crippen LogP contribution in [-0.2, 0) is 9.53 Å². The second kappa shape index (κ2) is 6.48. The van der Waals surface area contributed by atoms with Gasteiger partial charge in [0, 0.05) is 12.3 Å². The fraction of sp³-hybridized carbons (Fsp3) is 0.889. The Hall–Kier alpha value is -0.440. The number of amides is 1. The monoisotopic (exact) mass is 269 g/mol. The van der Waals surface area contributed by atoms with Gasteiger partial charge in [0.15, 0.2) is 6.29 Å². The van der Waals surface area contributed by atoms with Crippen molar-refractivity contribution in [3.63, 3.8) is 0 Å². The molecule has 1 aliphatic heterocycles. The van der Waals surface area contributed by atoms with E-state index >= 15 is 0 Å². The van der Waals surface area contributed by atoms with Crippen LogP contribution in [0.15, 0.2) is 0 Å². The van der Waals surface area contributed by atoms with Crippen LogP contribution in [0.25, 0.3) is 0 Å². The van der Waals surface area contributed by atoms with Crippen LogP contribution in [0.5, 0.6) is 0 Å². The van der Waals surface area contributed by atoms with Gasteiger partial charge in [0.1, 0.15) is 24.4 Å². The lowest BCUT2D eigenvalue weighted by atomic mass is 9.97. The molecule has 7 nitrogen and oxygen atoms in total. The van der Waals surface area contributed by atoms with Crippen LogP contribution in [0.3, 0.4) is 0 Å². The Balaban J connectivity index is 2.63. The molecule has 1 aliphatic rings. The second-order valence-corrected chi connectivity index (χ2v) is 4.14. The minimum absolute atomic E-state index is 0.0248. The lowest BCUT2D eigenvalue weighted by molar-refractivity contribution is -0.253. The van der Waals surface area contributed by atoms with Gasteiger partial charge in [0.05, 0.1) is 6.61 Å². The van der Waals surface area contributed by atoms with Crippen LogP contribution in [0.4, 0.5) is 0 Å². The number of hydrogen-bond acceptors (Lipinski definition) is 6. The maximum Gasteiger partial charge on any atom is 0.221 e. The van der Waals surface area contributed by atoms with Gasteiger partial charge in [-0.3, -0.25) is 4.79 Å². The summed E-state index contributed by atoms with van der Waals surface area (Å²) in [7, 11) is 0. The van der Waals surface area contributed by atoms with Gasteiger partial charge in [-0.15, -0.1) is 11.6 Å². The summed E-state index contributed by atoms with van der Waals surface area (Å²) in [5.41, 5.74) is 0. The van der Waals surface area contributed by atoms with E-state index in [0.29, 0.717) is 0 Å². The van der Waals surface area contributed by atoms with E-state index in [0.717, 1.165) is 0 Å². The number of ether oxygens (including phenoxy) is 1. The number of aliphatic hydroxyl groups excluding tert-OH is 4. The van der Waals surface area contributed by atoms with Gasteiger partial charge in [-0.25, -0.2) is 0 Å². The highest BCUT2D eigenvalue weighted by molar-refractivity contribution is 6.18. The van der Waals surface area contributed by atoms with Gasteiger partial charge in [0.25, 0.3) is 0 Å². The zero-order valence-corrected chi connectivity index (χ0v) is 9.75. The van der Waals surface area contributed by atoms with Gasteiger partial charge in [0.2, 0.25) is 5.91 Å². The van der Waals surface area contributed by atoms with Crippen molar-refractivity contribution in [3.05, 3.63) is 0 Å². The number of carbonyl (C=O) groups excluding carboxylic acids is 1. The fourth-order valence-electron chi connectivity index (χ4n) is 1.60. The SMILES string of the molecule is O=C(CCCl)N[C@@H]1C(O)OC(CO)C(O)[C@@H]1O. The molecule has 8 heteroatoms. The summed E-state index contributed by atoms with van der Waals surface area (Å²) in [6, 6.07) is -1.15. The number of carbonyl (C=O) groups is 1. The second-order valence-electron chi connectivity index (χ2n) is 3.76. The van der Waals surface area contributed by atoms with Crippen molar-refractivity contribution in [2.24, 2.45) is 0 Å². The molecule has 0 radical (unpaired) electrons. The van der Waals surface area contributed by atoms with E-state index < -0.39 is 43.2 Å². The van der Waals surface area contributed by atoms with Crippen LogP contribution < -0.4 is 5.32 Å². The van der Waals surface area contributed by atoms with E-state index in [-0.39, 0.29) is 12.3 Å². The maximum atomic E-state index is 11.3. The largest absolute Gasteiger partial charge is 0.394 e. The maximum absolute atomic E-state index is 11.3. The predicted octanol–water partition coefficient (Wildman–Crippen LogP) is -2.47. The van der Waals surface area contributed by atoms with E-state index in [1.807, 2.05) is 0 Å². The van der Waals surface area contributed by atoms with E-state index in [9.17, 15) is 20.1 Å². The standard InChI is InChI=1S/C9H16ClNO6/c10-2-1-5(13)11-6-8(15)7(14)4(3-12)17-9(6)16/h4,6-9,12,14-16H,1-3H2,(H,11,13)/t4?,6-,7?,8+,9?/m0/s1. The number of alkyl halides is 1. The molecule has 0 spiro atoms. The van der Waals surface area contributed by atoms with E-state index in [4.69, 9.17) is 21.4 Å². The summed E-state index contributed by atoms with van der Waals surface area (Å²) in [5, 5.41) is 39.9. The summed E-state index contributed by atoms with van der Waals surface area (Å²) in [4.78, 5) is 11.3. The lowest BCUT2D eigenvalue weighted by Crippen LogP contribution is -2.64. The Morgan fingerprint density at radius 2 is 1.94 bits per heavy atom. The molecule has 100 valence electrons. The van der Waals surface area contributed by atoms with Gasteiger partial charge in [-0.05, 0) is 0 Å². The smallest absolute Gasteiger partial charge is 0.221 e. The van der Waals surface area contributed by atoms with E-state index in [1.165, 1.54) is 0 Å². The van der Waals surface area contributed by atoms with Crippen molar-refractivity contribution < 1.29 is 30.0 Å². The molecule has 1 amide bonds. The summed E-state index contributed by atoms with van der Waals surface area (Å²) < 4.78 is 4.86. The third kappa shape index (κ3) is 3.51. The Morgan fingerprint density at radius 1 is 1.29 bits per heavy atom. The predicted molar refractivity (Wildman–Crippen MR) is 57.2 cm³/mol. The van der Waals surface area contributed by atoms with Crippen molar-refractivity contribution in [3.8, 4) is 0 Å². The zero-order valence-electron chi connectivity index (χ0n) is 8.99. The van der Waals surface area contributed by atoms with Crippen LogP contribution in [0, 0.1) is 0 Å². The number of hydrogen-bond donors (Lipinski definition) is 5. The highest BCUT2D eigenvalue weighted by atomic mass is 35.5. The molecule has 5 N–H and O–H groups in total.